The Bertz CT molecular complexity index is 333. The lowest BCUT2D eigenvalue weighted by Gasteiger charge is -2.09. The number of halogens is 3. The standard InChI is InChI=1S/C13H17F3O2/c1-2-3-4-9-17-10-11-5-7-12(8-6-11)18-13(14,15)16/h5-8H,2-4,9-10H2,1H3. The second-order valence-electron chi connectivity index (χ2n) is 3.95. The number of benzene rings is 1. The highest BCUT2D eigenvalue weighted by Gasteiger charge is 2.30. The maximum absolute atomic E-state index is 11.9. The number of rotatable bonds is 7. The van der Waals surface area contributed by atoms with Gasteiger partial charge in [0.15, 0.2) is 0 Å². The van der Waals surface area contributed by atoms with Crippen LogP contribution < -0.4 is 4.74 Å². The average Bonchev–Trinajstić information content (AvgIpc) is 2.29. The van der Waals surface area contributed by atoms with Gasteiger partial charge < -0.3 is 9.47 Å². The summed E-state index contributed by atoms with van der Waals surface area (Å²) in [7, 11) is 0. The van der Waals surface area contributed by atoms with E-state index in [2.05, 4.69) is 11.7 Å². The summed E-state index contributed by atoms with van der Waals surface area (Å²) >= 11 is 0. The lowest BCUT2D eigenvalue weighted by atomic mass is 10.2. The van der Waals surface area contributed by atoms with Crippen LogP contribution in [0.2, 0.25) is 0 Å². The van der Waals surface area contributed by atoms with E-state index in [0.29, 0.717) is 13.2 Å². The van der Waals surface area contributed by atoms with Gasteiger partial charge >= 0.3 is 6.36 Å². The smallest absolute Gasteiger partial charge is 0.406 e. The summed E-state index contributed by atoms with van der Waals surface area (Å²) in [6.45, 7) is 3.20. The van der Waals surface area contributed by atoms with Crippen molar-refractivity contribution in [1.29, 1.82) is 0 Å². The van der Waals surface area contributed by atoms with Crippen molar-refractivity contribution >= 4 is 0 Å². The molecule has 0 amide bonds. The normalized spacial score (nSPS) is 11.6. The van der Waals surface area contributed by atoms with E-state index in [0.717, 1.165) is 24.8 Å². The van der Waals surface area contributed by atoms with E-state index >= 15 is 0 Å². The van der Waals surface area contributed by atoms with E-state index in [1.165, 1.54) is 12.1 Å². The molecule has 1 rings (SSSR count). The van der Waals surface area contributed by atoms with Crippen molar-refractivity contribution in [2.75, 3.05) is 6.61 Å². The zero-order valence-electron chi connectivity index (χ0n) is 10.3. The molecule has 0 saturated heterocycles. The van der Waals surface area contributed by atoms with E-state index in [4.69, 9.17) is 4.74 Å². The first-order valence-corrected chi connectivity index (χ1v) is 5.93. The predicted molar refractivity (Wildman–Crippen MR) is 62.3 cm³/mol. The Hall–Kier alpha value is -1.23. The highest BCUT2D eigenvalue weighted by molar-refractivity contribution is 5.26. The van der Waals surface area contributed by atoms with Crippen LogP contribution in [0.4, 0.5) is 13.2 Å². The van der Waals surface area contributed by atoms with Crippen LogP contribution in [-0.4, -0.2) is 13.0 Å². The number of unbranched alkanes of at least 4 members (excludes halogenated alkanes) is 2. The maximum atomic E-state index is 11.9. The van der Waals surface area contributed by atoms with Crippen LogP contribution in [0.1, 0.15) is 31.7 Å². The molecular weight excluding hydrogens is 245 g/mol. The Morgan fingerprint density at radius 1 is 1.06 bits per heavy atom. The molecule has 0 aliphatic rings. The second kappa shape index (κ2) is 7.26. The van der Waals surface area contributed by atoms with Gasteiger partial charge in [-0.1, -0.05) is 31.9 Å². The summed E-state index contributed by atoms with van der Waals surface area (Å²) < 4.78 is 44.9. The average molecular weight is 262 g/mol. The monoisotopic (exact) mass is 262 g/mol. The number of ether oxygens (including phenoxy) is 2. The molecule has 1 aromatic rings. The first kappa shape index (κ1) is 14.8. The summed E-state index contributed by atoms with van der Waals surface area (Å²) in [5, 5.41) is 0. The number of hydrogen-bond donors (Lipinski definition) is 0. The molecule has 18 heavy (non-hydrogen) atoms. The summed E-state index contributed by atoms with van der Waals surface area (Å²) in [5.41, 5.74) is 0.834. The number of alkyl halides is 3. The summed E-state index contributed by atoms with van der Waals surface area (Å²) in [4.78, 5) is 0. The van der Waals surface area contributed by atoms with Crippen molar-refractivity contribution in [2.24, 2.45) is 0 Å². The summed E-state index contributed by atoms with van der Waals surface area (Å²) in [6, 6.07) is 5.72. The SMILES string of the molecule is CCCCCOCc1ccc(OC(F)(F)F)cc1. The lowest BCUT2D eigenvalue weighted by molar-refractivity contribution is -0.274. The molecule has 0 fully saturated rings. The van der Waals surface area contributed by atoms with Crippen molar-refractivity contribution in [3.63, 3.8) is 0 Å². The molecule has 0 radical (unpaired) electrons. The van der Waals surface area contributed by atoms with Gasteiger partial charge in [0, 0.05) is 6.61 Å². The van der Waals surface area contributed by atoms with Gasteiger partial charge in [-0.2, -0.15) is 0 Å². The van der Waals surface area contributed by atoms with Gasteiger partial charge in [0.05, 0.1) is 6.61 Å². The van der Waals surface area contributed by atoms with Crippen molar-refractivity contribution in [2.45, 2.75) is 39.2 Å². The van der Waals surface area contributed by atoms with Crippen LogP contribution in [0.15, 0.2) is 24.3 Å². The minimum Gasteiger partial charge on any atom is -0.406 e. The Labute approximate surface area is 105 Å². The highest BCUT2D eigenvalue weighted by Crippen LogP contribution is 2.22. The summed E-state index contributed by atoms with van der Waals surface area (Å²) in [6.07, 6.45) is -1.38. The van der Waals surface area contributed by atoms with Gasteiger partial charge in [0.2, 0.25) is 0 Å². The fourth-order valence-electron chi connectivity index (χ4n) is 1.43. The molecule has 0 atom stereocenters. The fourth-order valence-corrected chi connectivity index (χ4v) is 1.43. The van der Waals surface area contributed by atoms with E-state index in [1.54, 1.807) is 12.1 Å². The molecule has 0 saturated carbocycles. The Morgan fingerprint density at radius 3 is 2.28 bits per heavy atom. The maximum Gasteiger partial charge on any atom is 0.573 e. The number of hydrogen-bond acceptors (Lipinski definition) is 2. The topological polar surface area (TPSA) is 18.5 Å². The zero-order valence-corrected chi connectivity index (χ0v) is 10.3. The molecule has 102 valence electrons. The van der Waals surface area contributed by atoms with Gasteiger partial charge in [0.1, 0.15) is 5.75 Å². The quantitative estimate of drug-likeness (QED) is 0.682. The van der Waals surface area contributed by atoms with Gasteiger partial charge in [-0.25, -0.2) is 0 Å². The molecule has 0 heterocycles. The Balaban J connectivity index is 2.32. The van der Waals surface area contributed by atoms with Crippen LogP contribution in [0.5, 0.6) is 5.75 Å². The minimum atomic E-state index is -4.64. The fraction of sp³-hybridized carbons (Fsp3) is 0.538. The molecular formula is C13H17F3O2. The van der Waals surface area contributed by atoms with Gasteiger partial charge in [-0.05, 0) is 24.1 Å². The molecule has 2 nitrogen and oxygen atoms in total. The molecule has 0 aliphatic heterocycles. The zero-order chi connectivity index (χ0) is 13.4. The molecule has 5 heteroatoms. The van der Waals surface area contributed by atoms with Gasteiger partial charge in [-0.15, -0.1) is 13.2 Å². The molecule has 0 aromatic heterocycles. The molecule has 0 unspecified atom stereocenters. The third-order valence-electron chi connectivity index (χ3n) is 2.32. The third-order valence-corrected chi connectivity index (χ3v) is 2.32. The first-order chi connectivity index (χ1) is 8.51. The van der Waals surface area contributed by atoms with Crippen LogP contribution >= 0.6 is 0 Å². The van der Waals surface area contributed by atoms with Gasteiger partial charge in [-0.3, -0.25) is 0 Å². The second-order valence-corrected chi connectivity index (χ2v) is 3.95. The van der Waals surface area contributed by atoms with Crippen molar-refractivity contribution in [1.82, 2.24) is 0 Å². The lowest BCUT2D eigenvalue weighted by Crippen LogP contribution is -2.17. The Morgan fingerprint density at radius 2 is 1.72 bits per heavy atom. The molecule has 0 aliphatic carbocycles. The molecule has 0 bridgehead atoms. The predicted octanol–water partition coefficient (Wildman–Crippen LogP) is 4.29. The minimum absolute atomic E-state index is 0.211. The first-order valence-electron chi connectivity index (χ1n) is 5.93. The van der Waals surface area contributed by atoms with E-state index in [-0.39, 0.29) is 5.75 Å². The van der Waals surface area contributed by atoms with Crippen molar-refractivity contribution in [3.05, 3.63) is 29.8 Å². The largest absolute Gasteiger partial charge is 0.573 e. The van der Waals surface area contributed by atoms with Crippen molar-refractivity contribution in [3.8, 4) is 5.75 Å². The van der Waals surface area contributed by atoms with Crippen LogP contribution in [0.25, 0.3) is 0 Å². The highest BCUT2D eigenvalue weighted by atomic mass is 19.4. The van der Waals surface area contributed by atoms with Gasteiger partial charge in [0.25, 0.3) is 0 Å². The van der Waals surface area contributed by atoms with Crippen LogP contribution in [0.3, 0.4) is 0 Å². The molecule has 1 aromatic carbocycles. The van der Waals surface area contributed by atoms with E-state index in [1.807, 2.05) is 0 Å². The summed E-state index contributed by atoms with van der Waals surface area (Å²) in [5.74, 6) is -0.211. The van der Waals surface area contributed by atoms with E-state index in [9.17, 15) is 13.2 Å². The molecule has 0 spiro atoms. The Kier molecular flexibility index (Phi) is 5.98. The molecule has 0 N–H and O–H groups in total. The van der Waals surface area contributed by atoms with Crippen molar-refractivity contribution < 1.29 is 22.6 Å². The van der Waals surface area contributed by atoms with E-state index < -0.39 is 6.36 Å². The van der Waals surface area contributed by atoms with Crippen LogP contribution in [-0.2, 0) is 11.3 Å². The van der Waals surface area contributed by atoms with Crippen LogP contribution in [0, 0.1) is 0 Å². The third kappa shape index (κ3) is 6.49.